The van der Waals surface area contributed by atoms with Crippen molar-refractivity contribution in [2.75, 3.05) is 9.74 Å². The molecule has 2 rings (SSSR count). The normalized spacial score (nSPS) is 10.1. The summed E-state index contributed by atoms with van der Waals surface area (Å²) in [5.74, 6) is -0.629. The molecular weight excluding hydrogens is 400 g/mol. The standard InChI is InChI=1S/C11H7ClIN3O4/c12-16(7-3-1-2-6(13)4-7)9(17)8-5-20-10(14-8)15-11(18)19/h1-5H,(H,14,15)(H,18,19). The molecular formula is C11H7ClIN3O4. The summed E-state index contributed by atoms with van der Waals surface area (Å²) < 4.78 is 6.58. The first-order valence-corrected chi connectivity index (χ1v) is 6.60. The summed E-state index contributed by atoms with van der Waals surface area (Å²) in [5, 5.41) is 10.4. The van der Waals surface area contributed by atoms with Crippen molar-refractivity contribution in [3.63, 3.8) is 0 Å². The van der Waals surface area contributed by atoms with E-state index in [0.717, 1.165) is 14.3 Å². The molecule has 0 unspecified atom stereocenters. The first-order chi connectivity index (χ1) is 9.47. The highest BCUT2D eigenvalue weighted by molar-refractivity contribution is 14.1. The Kier molecular flexibility index (Phi) is 4.45. The molecule has 104 valence electrons. The number of halogens is 2. The van der Waals surface area contributed by atoms with Gasteiger partial charge in [-0.05, 0) is 40.8 Å². The molecule has 0 spiro atoms. The van der Waals surface area contributed by atoms with Gasteiger partial charge in [-0.15, -0.1) is 0 Å². The molecule has 0 aliphatic heterocycles. The number of nitrogens with zero attached hydrogens (tertiary/aromatic N) is 2. The number of amides is 2. The minimum absolute atomic E-state index is 0.109. The number of nitrogens with one attached hydrogen (secondary N) is 1. The highest BCUT2D eigenvalue weighted by Gasteiger charge is 2.20. The summed E-state index contributed by atoms with van der Waals surface area (Å²) in [6, 6.07) is 6.67. The summed E-state index contributed by atoms with van der Waals surface area (Å²) in [6.45, 7) is 0. The highest BCUT2D eigenvalue weighted by atomic mass is 127. The number of benzene rings is 1. The van der Waals surface area contributed by atoms with Crippen molar-refractivity contribution >= 4 is 58.1 Å². The summed E-state index contributed by atoms with van der Waals surface area (Å²) >= 11 is 8.03. The molecule has 2 N–H and O–H groups in total. The minimum atomic E-state index is -1.34. The molecule has 9 heteroatoms. The van der Waals surface area contributed by atoms with Gasteiger partial charge >= 0.3 is 12.1 Å². The van der Waals surface area contributed by atoms with Crippen LogP contribution in [0.3, 0.4) is 0 Å². The maximum Gasteiger partial charge on any atom is 0.412 e. The Morgan fingerprint density at radius 3 is 2.85 bits per heavy atom. The van der Waals surface area contributed by atoms with E-state index in [1.165, 1.54) is 0 Å². The Bertz CT molecular complexity index is 661. The van der Waals surface area contributed by atoms with Gasteiger partial charge < -0.3 is 9.52 Å². The summed E-state index contributed by atoms with van der Waals surface area (Å²) in [4.78, 5) is 26.1. The van der Waals surface area contributed by atoms with E-state index in [2.05, 4.69) is 27.6 Å². The molecule has 0 aliphatic carbocycles. The SMILES string of the molecule is O=C(O)Nc1nc(C(=O)N(Cl)c2cccc(I)c2)co1. The number of hydrogen-bond donors (Lipinski definition) is 2. The van der Waals surface area contributed by atoms with Gasteiger partial charge in [0, 0.05) is 15.3 Å². The monoisotopic (exact) mass is 407 g/mol. The van der Waals surface area contributed by atoms with Gasteiger partial charge in [0.2, 0.25) is 0 Å². The lowest BCUT2D eigenvalue weighted by molar-refractivity contribution is 0.100. The third-order valence-electron chi connectivity index (χ3n) is 2.15. The van der Waals surface area contributed by atoms with Crippen LogP contribution in [0.15, 0.2) is 34.9 Å². The Labute approximate surface area is 131 Å². The fraction of sp³-hybridized carbons (Fsp3) is 0. The second kappa shape index (κ2) is 6.09. The predicted octanol–water partition coefficient (Wildman–Crippen LogP) is 3.17. The van der Waals surface area contributed by atoms with Crippen LogP contribution in [-0.2, 0) is 0 Å². The van der Waals surface area contributed by atoms with Gasteiger partial charge in [-0.1, -0.05) is 6.07 Å². The van der Waals surface area contributed by atoms with Crippen molar-refractivity contribution in [3.05, 3.63) is 39.8 Å². The van der Waals surface area contributed by atoms with Gasteiger partial charge in [0.1, 0.15) is 6.26 Å². The fourth-order valence-corrected chi connectivity index (χ4v) is 2.06. The average Bonchev–Trinajstić information content (AvgIpc) is 2.84. The van der Waals surface area contributed by atoms with Crippen LogP contribution in [0.2, 0.25) is 0 Å². The van der Waals surface area contributed by atoms with Crippen LogP contribution >= 0.6 is 34.4 Å². The van der Waals surface area contributed by atoms with Crippen molar-refractivity contribution in [1.29, 1.82) is 0 Å². The largest absolute Gasteiger partial charge is 0.465 e. The lowest BCUT2D eigenvalue weighted by Crippen LogP contribution is -2.21. The lowest BCUT2D eigenvalue weighted by Gasteiger charge is -2.12. The molecule has 0 bridgehead atoms. The molecule has 2 amide bonds. The van der Waals surface area contributed by atoms with Crippen molar-refractivity contribution in [1.82, 2.24) is 4.98 Å². The van der Waals surface area contributed by atoms with E-state index in [1.54, 1.807) is 18.2 Å². The van der Waals surface area contributed by atoms with E-state index in [4.69, 9.17) is 21.3 Å². The predicted molar refractivity (Wildman–Crippen MR) is 80.0 cm³/mol. The zero-order valence-electron chi connectivity index (χ0n) is 9.71. The van der Waals surface area contributed by atoms with Gasteiger partial charge in [-0.2, -0.15) is 4.98 Å². The van der Waals surface area contributed by atoms with Crippen LogP contribution in [0.5, 0.6) is 0 Å². The van der Waals surface area contributed by atoms with Crippen molar-refractivity contribution in [2.45, 2.75) is 0 Å². The molecule has 1 aromatic heterocycles. The Morgan fingerprint density at radius 2 is 2.20 bits per heavy atom. The Hall–Kier alpha value is -1.81. The number of hydrogen-bond acceptors (Lipinski definition) is 4. The van der Waals surface area contributed by atoms with E-state index in [1.807, 2.05) is 11.4 Å². The van der Waals surface area contributed by atoms with E-state index in [9.17, 15) is 9.59 Å². The Morgan fingerprint density at radius 1 is 1.45 bits per heavy atom. The zero-order chi connectivity index (χ0) is 14.7. The molecule has 1 aromatic carbocycles. The zero-order valence-corrected chi connectivity index (χ0v) is 12.6. The number of aromatic nitrogens is 1. The van der Waals surface area contributed by atoms with Crippen LogP contribution < -0.4 is 9.74 Å². The molecule has 0 atom stereocenters. The summed E-state index contributed by atoms with van der Waals surface area (Å²) in [6.07, 6.45) is -0.317. The number of oxazole rings is 1. The van der Waals surface area contributed by atoms with Crippen LogP contribution in [0.4, 0.5) is 16.5 Å². The number of carboxylic acid groups (broad SMARTS) is 1. The molecule has 0 aliphatic rings. The van der Waals surface area contributed by atoms with Crippen molar-refractivity contribution in [3.8, 4) is 0 Å². The van der Waals surface area contributed by atoms with E-state index < -0.39 is 12.0 Å². The fourth-order valence-electron chi connectivity index (χ4n) is 1.34. The summed E-state index contributed by atoms with van der Waals surface area (Å²) in [7, 11) is 0. The first kappa shape index (κ1) is 14.6. The van der Waals surface area contributed by atoms with Gasteiger partial charge in [0.25, 0.3) is 5.91 Å². The number of anilines is 2. The molecule has 0 radical (unpaired) electrons. The average molecular weight is 408 g/mol. The number of carbonyl (C=O) groups excluding carboxylic acids is 1. The van der Waals surface area contributed by atoms with Gasteiger partial charge in [-0.3, -0.25) is 4.79 Å². The number of rotatable bonds is 3. The maximum absolute atomic E-state index is 12.0. The second-order valence-corrected chi connectivity index (χ2v) is 5.12. The third kappa shape index (κ3) is 3.39. The molecule has 20 heavy (non-hydrogen) atoms. The Balaban J connectivity index is 2.18. The second-order valence-electron chi connectivity index (χ2n) is 3.53. The number of carbonyl (C=O) groups is 2. The smallest absolute Gasteiger partial charge is 0.412 e. The topological polar surface area (TPSA) is 95.7 Å². The van der Waals surface area contributed by atoms with E-state index >= 15 is 0 Å². The maximum atomic E-state index is 12.0. The van der Waals surface area contributed by atoms with Gasteiger partial charge in [0.05, 0.1) is 5.69 Å². The van der Waals surface area contributed by atoms with E-state index in [-0.39, 0.29) is 11.7 Å². The molecule has 7 nitrogen and oxygen atoms in total. The van der Waals surface area contributed by atoms with E-state index in [0.29, 0.717) is 5.69 Å². The van der Waals surface area contributed by atoms with Crippen LogP contribution in [-0.4, -0.2) is 22.1 Å². The molecule has 0 fully saturated rings. The third-order valence-corrected chi connectivity index (χ3v) is 3.17. The minimum Gasteiger partial charge on any atom is -0.465 e. The molecule has 0 saturated carbocycles. The molecule has 1 heterocycles. The molecule has 0 saturated heterocycles. The van der Waals surface area contributed by atoms with Crippen molar-refractivity contribution in [2.24, 2.45) is 0 Å². The van der Waals surface area contributed by atoms with Crippen LogP contribution in [0, 0.1) is 3.57 Å². The van der Waals surface area contributed by atoms with Gasteiger partial charge in [0.15, 0.2) is 5.69 Å². The van der Waals surface area contributed by atoms with Crippen LogP contribution in [0.25, 0.3) is 0 Å². The van der Waals surface area contributed by atoms with Gasteiger partial charge in [-0.25, -0.2) is 14.5 Å². The first-order valence-electron chi connectivity index (χ1n) is 5.18. The van der Waals surface area contributed by atoms with Crippen LogP contribution in [0.1, 0.15) is 10.5 Å². The lowest BCUT2D eigenvalue weighted by atomic mass is 10.3. The quantitative estimate of drug-likeness (QED) is 0.602. The molecule has 2 aromatic rings. The summed E-state index contributed by atoms with van der Waals surface area (Å²) in [5.41, 5.74) is 0.363. The highest BCUT2D eigenvalue weighted by Crippen LogP contribution is 2.22. The van der Waals surface area contributed by atoms with Crippen molar-refractivity contribution < 1.29 is 19.1 Å².